The third kappa shape index (κ3) is 5.65. The number of anilines is 2. The topological polar surface area (TPSA) is 79.0 Å². The Morgan fingerprint density at radius 2 is 1.79 bits per heavy atom. The van der Waals surface area contributed by atoms with E-state index in [1.165, 1.54) is 0 Å². The van der Waals surface area contributed by atoms with Crippen molar-refractivity contribution in [3.63, 3.8) is 0 Å². The van der Waals surface area contributed by atoms with Crippen LogP contribution in [0, 0.1) is 5.92 Å². The van der Waals surface area contributed by atoms with Gasteiger partial charge in [0.2, 0.25) is 17.7 Å². The summed E-state index contributed by atoms with van der Waals surface area (Å²) < 4.78 is 5.46. The fourth-order valence-corrected chi connectivity index (χ4v) is 4.48. The SMILES string of the molecule is COc1ccc(NC(=O)C2CCN(C(=O)/C=C/c3ccccc3)CC2)cc1N1CCCCC1=O. The number of ether oxygens (including phenoxy) is 1. The number of hydrogen-bond donors (Lipinski definition) is 1. The van der Waals surface area contributed by atoms with E-state index in [1.807, 2.05) is 42.5 Å². The van der Waals surface area contributed by atoms with E-state index in [1.54, 1.807) is 35.1 Å². The number of likely N-dealkylation sites (tertiary alicyclic amines) is 1. The fourth-order valence-electron chi connectivity index (χ4n) is 4.48. The molecule has 2 aliphatic rings. The highest BCUT2D eigenvalue weighted by molar-refractivity contribution is 5.98. The van der Waals surface area contributed by atoms with Crippen molar-refractivity contribution in [3.8, 4) is 5.75 Å². The predicted octanol–water partition coefficient (Wildman–Crippen LogP) is 4.10. The smallest absolute Gasteiger partial charge is 0.246 e. The van der Waals surface area contributed by atoms with Crippen molar-refractivity contribution in [2.45, 2.75) is 32.1 Å². The predicted molar refractivity (Wildman–Crippen MR) is 133 cm³/mol. The van der Waals surface area contributed by atoms with Crippen molar-refractivity contribution in [2.75, 3.05) is 37.0 Å². The second-order valence-corrected chi connectivity index (χ2v) is 8.72. The molecule has 178 valence electrons. The molecular formula is C27H31N3O4. The van der Waals surface area contributed by atoms with Gasteiger partial charge in [-0.05, 0) is 55.5 Å². The number of piperidine rings is 2. The average molecular weight is 462 g/mol. The molecule has 0 aliphatic carbocycles. The van der Waals surface area contributed by atoms with Crippen LogP contribution in [-0.2, 0) is 14.4 Å². The first-order valence-corrected chi connectivity index (χ1v) is 11.9. The molecule has 2 saturated heterocycles. The molecule has 2 fully saturated rings. The number of carbonyl (C=O) groups excluding carboxylic acids is 3. The van der Waals surface area contributed by atoms with Gasteiger partial charge in [-0.15, -0.1) is 0 Å². The summed E-state index contributed by atoms with van der Waals surface area (Å²) in [5.41, 5.74) is 2.31. The maximum absolute atomic E-state index is 12.9. The van der Waals surface area contributed by atoms with Crippen LogP contribution in [0.1, 0.15) is 37.7 Å². The van der Waals surface area contributed by atoms with E-state index in [-0.39, 0.29) is 23.6 Å². The van der Waals surface area contributed by atoms with E-state index in [0.29, 0.717) is 56.0 Å². The lowest BCUT2D eigenvalue weighted by Crippen LogP contribution is -2.40. The van der Waals surface area contributed by atoms with Gasteiger partial charge < -0.3 is 19.9 Å². The van der Waals surface area contributed by atoms with Gasteiger partial charge in [0.25, 0.3) is 0 Å². The van der Waals surface area contributed by atoms with Crippen molar-refractivity contribution in [1.82, 2.24) is 4.90 Å². The molecule has 0 aromatic heterocycles. The maximum atomic E-state index is 12.9. The minimum atomic E-state index is -0.163. The molecule has 7 heteroatoms. The van der Waals surface area contributed by atoms with Crippen LogP contribution >= 0.6 is 0 Å². The second kappa shape index (κ2) is 11.0. The molecule has 0 unspecified atom stereocenters. The molecule has 0 bridgehead atoms. The van der Waals surface area contributed by atoms with Crippen molar-refractivity contribution < 1.29 is 19.1 Å². The number of amides is 3. The van der Waals surface area contributed by atoms with Gasteiger partial charge in [-0.1, -0.05) is 30.3 Å². The van der Waals surface area contributed by atoms with E-state index < -0.39 is 0 Å². The molecule has 0 radical (unpaired) electrons. The number of nitrogens with zero attached hydrogens (tertiary/aromatic N) is 2. The van der Waals surface area contributed by atoms with Crippen molar-refractivity contribution in [2.24, 2.45) is 5.92 Å². The summed E-state index contributed by atoms with van der Waals surface area (Å²) in [6.45, 7) is 1.75. The number of nitrogens with one attached hydrogen (secondary N) is 1. The third-order valence-corrected chi connectivity index (χ3v) is 6.46. The van der Waals surface area contributed by atoms with E-state index in [9.17, 15) is 14.4 Å². The van der Waals surface area contributed by atoms with Gasteiger partial charge in [0.15, 0.2) is 0 Å². The van der Waals surface area contributed by atoms with E-state index >= 15 is 0 Å². The van der Waals surface area contributed by atoms with Gasteiger partial charge in [-0.3, -0.25) is 14.4 Å². The summed E-state index contributed by atoms with van der Waals surface area (Å²) in [4.78, 5) is 41.4. The van der Waals surface area contributed by atoms with Gasteiger partial charge in [-0.2, -0.15) is 0 Å². The molecule has 2 aromatic carbocycles. The lowest BCUT2D eigenvalue weighted by Gasteiger charge is -2.31. The summed E-state index contributed by atoms with van der Waals surface area (Å²) >= 11 is 0. The van der Waals surface area contributed by atoms with Crippen LogP contribution in [0.4, 0.5) is 11.4 Å². The van der Waals surface area contributed by atoms with Crippen LogP contribution in [0.15, 0.2) is 54.6 Å². The Balaban J connectivity index is 1.34. The van der Waals surface area contributed by atoms with Crippen LogP contribution in [0.25, 0.3) is 6.08 Å². The van der Waals surface area contributed by atoms with Crippen LogP contribution in [0.5, 0.6) is 5.75 Å². The first-order valence-electron chi connectivity index (χ1n) is 11.9. The Morgan fingerprint density at radius 1 is 1.03 bits per heavy atom. The summed E-state index contributed by atoms with van der Waals surface area (Å²) in [5.74, 6) is 0.432. The van der Waals surface area contributed by atoms with E-state index in [2.05, 4.69) is 5.32 Å². The first kappa shape index (κ1) is 23.5. The van der Waals surface area contributed by atoms with E-state index in [0.717, 1.165) is 18.4 Å². The molecule has 7 nitrogen and oxygen atoms in total. The Hall–Kier alpha value is -3.61. The van der Waals surface area contributed by atoms with Gasteiger partial charge >= 0.3 is 0 Å². The molecule has 0 spiro atoms. The van der Waals surface area contributed by atoms with E-state index in [4.69, 9.17) is 4.74 Å². The number of hydrogen-bond acceptors (Lipinski definition) is 4. The summed E-state index contributed by atoms with van der Waals surface area (Å²) in [7, 11) is 1.58. The molecule has 0 saturated carbocycles. The Bertz CT molecular complexity index is 1060. The standard InChI is InChI=1S/C27H31N3O4/c1-34-24-12-11-22(19-23(24)30-16-6-5-9-26(30)32)28-27(33)21-14-17-29(18-15-21)25(31)13-10-20-7-3-2-4-8-20/h2-4,7-8,10-13,19,21H,5-6,9,14-18H2,1H3,(H,28,33)/b13-10+. The molecule has 2 aromatic rings. The molecular weight excluding hydrogens is 430 g/mol. The Labute approximate surface area is 200 Å². The van der Waals surface area contributed by atoms with Crippen LogP contribution in [0.3, 0.4) is 0 Å². The number of rotatable bonds is 6. The van der Waals surface area contributed by atoms with Crippen molar-refractivity contribution in [1.29, 1.82) is 0 Å². The van der Waals surface area contributed by atoms with Crippen LogP contribution in [0.2, 0.25) is 0 Å². The molecule has 2 aliphatic heterocycles. The summed E-state index contributed by atoms with van der Waals surface area (Å²) in [6.07, 6.45) is 7.01. The van der Waals surface area contributed by atoms with Crippen molar-refractivity contribution in [3.05, 3.63) is 60.2 Å². The second-order valence-electron chi connectivity index (χ2n) is 8.72. The molecule has 34 heavy (non-hydrogen) atoms. The number of carbonyl (C=O) groups is 3. The largest absolute Gasteiger partial charge is 0.495 e. The summed E-state index contributed by atoms with van der Waals surface area (Å²) in [6, 6.07) is 15.1. The molecule has 1 N–H and O–H groups in total. The average Bonchev–Trinajstić information content (AvgIpc) is 2.88. The van der Waals surface area contributed by atoms with Gasteiger partial charge in [0.1, 0.15) is 5.75 Å². The zero-order valence-corrected chi connectivity index (χ0v) is 19.5. The number of benzene rings is 2. The van der Waals surface area contributed by atoms with Crippen LogP contribution < -0.4 is 15.0 Å². The zero-order chi connectivity index (χ0) is 23.9. The Morgan fingerprint density at radius 3 is 2.50 bits per heavy atom. The minimum Gasteiger partial charge on any atom is -0.495 e. The lowest BCUT2D eigenvalue weighted by atomic mass is 9.95. The highest BCUT2D eigenvalue weighted by Crippen LogP contribution is 2.34. The zero-order valence-electron chi connectivity index (χ0n) is 19.5. The maximum Gasteiger partial charge on any atom is 0.246 e. The summed E-state index contributed by atoms with van der Waals surface area (Å²) in [5, 5.41) is 3.00. The van der Waals surface area contributed by atoms with Crippen LogP contribution in [-0.4, -0.2) is 49.4 Å². The normalized spacial score (nSPS) is 17.1. The first-order chi connectivity index (χ1) is 16.5. The minimum absolute atomic E-state index is 0.0336. The molecule has 2 heterocycles. The lowest BCUT2D eigenvalue weighted by molar-refractivity contribution is -0.130. The fraction of sp³-hybridized carbons (Fsp3) is 0.370. The molecule has 0 atom stereocenters. The highest BCUT2D eigenvalue weighted by atomic mass is 16.5. The molecule has 4 rings (SSSR count). The quantitative estimate of drug-likeness (QED) is 0.657. The number of methoxy groups -OCH3 is 1. The van der Waals surface area contributed by atoms with Crippen molar-refractivity contribution >= 4 is 35.2 Å². The Kier molecular flexibility index (Phi) is 7.62. The molecule has 3 amide bonds. The van der Waals surface area contributed by atoms with Gasteiger partial charge in [-0.25, -0.2) is 0 Å². The highest BCUT2D eigenvalue weighted by Gasteiger charge is 2.27. The third-order valence-electron chi connectivity index (χ3n) is 6.46. The monoisotopic (exact) mass is 461 g/mol. The van der Waals surface area contributed by atoms with Gasteiger partial charge in [0.05, 0.1) is 12.8 Å². The van der Waals surface area contributed by atoms with Gasteiger partial charge in [0, 0.05) is 43.7 Å².